The molecule has 1 N–H and O–H groups in total. The minimum atomic E-state index is -4.09. The fraction of sp³-hybridized carbons (Fsp3) is 0.125. The normalized spacial score (nSPS) is 16.8. The molecule has 64 valence electrons. The van der Waals surface area contributed by atoms with Crippen LogP contribution in [0, 0.1) is 0 Å². The first-order valence-electron chi connectivity index (χ1n) is 3.29. The molecule has 0 amide bonds. The molecule has 1 aliphatic carbocycles. The predicted molar refractivity (Wildman–Crippen MR) is 46.0 cm³/mol. The molecule has 0 aromatic carbocycles. The Labute approximate surface area is 71.2 Å². The van der Waals surface area contributed by atoms with Crippen molar-refractivity contribution < 1.29 is 13.0 Å². The number of hydrogen-bond donors (Lipinski definition) is 1. The Morgan fingerprint density at radius 2 is 2.00 bits per heavy atom. The SMILES string of the molecule is CC1=CC=C(S(=O)(=O)O)C=C=C1. The van der Waals surface area contributed by atoms with Crippen LogP contribution < -0.4 is 0 Å². The highest BCUT2D eigenvalue weighted by atomic mass is 32.2. The van der Waals surface area contributed by atoms with Crippen LogP contribution in [-0.4, -0.2) is 13.0 Å². The Hall–Kier alpha value is -1.09. The van der Waals surface area contributed by atoms with Crippen LogP contribution in [0.3, 0.4) is 0 Å². The highest BCUT2D eigenvalue weighted by molar-refractivity contribution is 7.90. The van der Waals surface area contributed by atoms with Gasteiger partial charge in [-0.3, -0.25) is 4.55 Å². The van der Waals surface area contributed by atoms with Gasteiger partial charge in [0.05, 0.1) is 0 Å². The first kappa shape index (κ1) is 9.00. The second-order valence-electron chi connectivity index (χ2n) is 2.41. The topological polar surface area (TPSA) is 54.4 Å². The van der Waals surface area contributed by atoms with Crippen molar-refractivity contribution in [2.24, 2.45) is 0 Å². The fourth-order valence-electron chi connectivity index (χ4n) is 0.725. The summed E-state index contributed by atoms with van der Waals surface area (Å²) in [6, 6.07) is 0. The molecule has 0 radical (unpaired) electrons. The monoisotopic (exact) mass is 184 g/mol. The zero-order valence-corrected chi connectivity index (χ0v) is 7.30. The molecule has 1 rings (SSSR count). The number of rotatable bonds is 1. The highest BCUT2D eigenvalue weighted by Crippen LogP contribution is 2.09. The molecule has 0 unspecified atom stereocenters. The van der Waals surface area contributed by atoms with E-state index < -0.39 is 10.1 Å². The van der Waals surface area contributed by atoms with Gasteiger partial charge in [0.1, 0.15) is 4.91 Å². The first-order chi connectivity index (χ1) is 5.50. The third-order valence-corrected chi connectivity index (χ3v) is 2.19. The van der Waals surface area contributed by atoms with Crippen molar-refractivity contribution >= 4 is 10.1 Å². The summed E-state index contributed by atoms with van der Waals surface area (Å²) in [5.74, 6) is 0. The molecule has 12 heavy (non-hydrogen) atoms. The third-order valence-electron chi connectivity index (χ3n) is 1.34. The molecule has 1 aliphatic rings. The summed E-state index contributed by atoms with van der Waals surface area (Å²) >= 11 is 0. The van der Waals surface area contributed by atoms with E-state index >= 15 is 0 Å². The van der Waals surface area contributed by atoms with Gasteiger partial charge in [0.15, 0.2) is 0 Å². The molecular formula is C8H8O3S. The maximum absolute atomic E-state index is 10.6. The number of hydrogen-bond acceptors (Lipinski definition) is 2. The summed E-state index contributed by atoms with van der Waals surface area (Å²) in [4.78, 5) is -0.143. The van der Waals surface area contributed by atoms with Crippen LogP contribution in [0.5, 0.6) is 0 Å². The van der Waals surface area contributed by atoms with Crippen molar-refractivity contribution in [3.05, 3.63) is 40.5 Å². The van der Waals surface area contributed by atoms with Crippen molar-refractivity contribution in [3.63, 3.8) is 0 Å². The van der Waals surface area contributed by atoms with Crippen LogP contribution in [0.15, 0.2) is 40.5 Å². The van der Waals surface area contributed by atoms with Crippen molar-refractivity contribution in [1.29, 1.82) is 0 Å². The first-order valence-corrected chi connectivity index (χ1v) is 4.73. The Morgan fingerprint density at radius 3 is 2.58 bits per heavy atom. The van der Waals surface area contributed by atoms with E-state index in [1.165, 1.54) is 12.2 Å². The maximum atomic E-state index is 10.6. The van der Waals surface area contributed by atoms with Crippen molar-refractivity contribution in [2.45, 2.75) is 6.92 Å². The van der Waals surface area contributed by atoms with Gasteiger partial charge in [-0.1, -0.05) is 6.08 Å². The molecule has 0 aromatic heterocycles. The third kappa shape index (κ3) is 2.20. The van der Waals surface area contributed by atoms with E-state index in [-0.39, 0.29) is 4.91 Å². The van der Waals surface area contributed by atoms with E-state index in [4.69, 9.17) is 4.55 Å². The molecule has 0 fully saturated rings. The molecule has 0 heterocycles. The van der Waals surface area contributed by atoms with Crippen molar-refractivity contribution in [1.82, 2.24) is 0 Å². The van der Waals surface area contributed by atoms with Crippen LogP contribution >= 0.6 is 0 Å². The van der Waals surface area contributed by atoms with Gasteiger partial charge >= 0.3 is 0 Å². The summed E-state index contributed by atoms with van der Waals surface area (Å²) in [5, 5.41) is 0. The highest BCUT2D eigenvalue weighted by Gasteiger charge is 2.09. The molecule has 0 spiro atoms. The van der Waals surface area contributed by atoms with E-state index in [2.05, 4.69) is 5.73 Å². The standard InChI is InChI=1S/C8H8O3S/c1-7-3-2-4-8(6-5-7)12(9,10)11/h3-6H,1H3,(H,9,10,11). The van der Waals surface area contributed by atoms with Crippen LogP contribution in [0.2, 0.25) is 0 Å². The van der Waals surface area contributed by atoms with Crippen molar-refractivity contribution in [3.8, 4) is 0 Å². The quantitative estimate of drug-likeness (QED) is 0.495. The van der Waals surface area contributed by atoms with Gasteiger partial charge in [0.2, 0.25) is 0 Å². The summed E-state index contributed by atoms with van der Waals surface area (Å²) in [6.45, 7) is 1.81. The molecule has 0 atom stereocenters. The Morgan fingerprint density at radius 1 is 1.33 bits per heavy atom. The largest absolute Gasteiger partial charge is 0.295 e. The molecule has 0 saturated carbocycles. The lowest BCUT2D eigenvalue weighted by atomic mass is 10.3. The van der Waals surface area contributed by atoms with Crippen LogP contribution in [0.25, 0.3) is 0 Å². The van der Waals surface area contributed by atoms with Crippen LogP contribution in [0.1, 0.15) is 6.92 Å². The van der Waals surface area contributed by atoms with E-state index in [0.717, 1.165) is 5.57 Å². The Kier molecular flexibility index (Phi) is 2.33. The Balaban J connectivity index is 3.22. The van der Waals surface area contributed by atoms with Crippen LogP contribution in [-0.2, 0) is 10.1 Å². The second-order valence-corrected chi connectivity index (χ2v) is 3.83. The van der Waals surface area contributed by atoms with Crippen molar-refractivity contribution in [2.75, 3.05) is 0 Å². The smallest absolute Gasteiger partial charge is 0.282 e. The lowest BCUT2D eigenvalue weighted by Crippen LogP contribution is -1.98. The summed E-state index contributed by atoms with van der Waals surface area (Å²) in [7, 11) is -4.09. The molecule has 3 nitrogen and oxygen atoms in total. The molecule has 0 aromatic rings. The minimum absolute atomic E-state index is 0.143. The number of allylic oxidation sites excluding steroid dienone is 4. The lowest BCUT2D eigenvalue weighted by molar-refractivity contribution is 0.492. The van der Waals surface area contributed by atoms with E-state index in [0.29, 0.717) is 0 Å². The minimum Gasteiger partial charge on any atom is -0.282 e. The van der Waals surface area contributed by atoms with Crippen LogP contribution in [0.4, 0.5) is 0 Å². The van der Waals surface area contributed by atoms with Gasteiger partial charge < -0.3 is 0 Å². The van der Waals surface area contributed by atoms with Gasteiger partial charge in [-0.25, -0.2) is 0 Å². The van der Waals surface area contributed by atoms with E-state index in [1.807, 2.05) is 6.92 Å². The zero-order valence-electron chi connectivity index (χ0n) is 6.48. The molecule has 0 saturated heterocycles. The fourth-order valence-corrected chi connectivity index (χ4v) is 1.18. The lowest BCUT2D eigenvalue weighted by Gasteiger charge is -1.91. The maximum Gasteiger partial charge on any atom is 0.295 e. The average Bonchev–Trinajstić information content (AvgIpc) is 2.11. The van der Waals surface area contributed by atoms with Gasteiger partial charge in [-0.2, -0.15) is 8.42 Å². The van der Waals surface area contributed by atoms with E-state index in [1.54, 1.807) is 12.2 Å². The summed E-state index contributed by atoms with van der Waals surface area (Å²) in [5.41, 5.74) is 3.51. The zero-order chi connectivity index (χ0) is 9.19. The Bertz CT molecular complexity index is 404. The summed E-state index contributed by atoms with van der Waals surface area (Å²) < 4.78 is 29.9. The van der Waals surface area contributed by atoms with Gasteiger partial charge in [-0.05, 0) is 24.6 Å². The average molecular weight is 184 g/mol. The predicted octanol–water partition coefficient (Wildman–Crippen LogP) is 1.43. The molecule has 4 heteroatoms. The molecule has 0 bridgehead atoms. The molecular weight excluding hydrogens is 176 g/mol. The van der Waals surface area contributed by atoms with Gasteiger partial charge in [0.25, 0.3) is 10.1 Å². The molecule has 0 aliphatic heterocycles. The van der Waals surface area contributed by atoms with E-state index in [9.17, 15) is 8.42 Å². The summed E-state index contributed by atoms with van der Waals surface area (Å²) in [6.07, 6.45) is 5.79. The van der Waals surface area contributed by atoms with Gasteiger partial charge in [0, 0.05) is 6.08 Å². The van der Waals surface area contributed by atoms with Gasteiger partial charge in [-0.15, -0.1) is 5.73 Å². The second kappa shape index (κ2) is 3.11.